The van der Waals surface area contributed by atoms with Gasteiger partial charge in [0.2, 0.25) is 11.8 Å². The molecule has 0 radical (unpaired) electrons. The van der Waals surface area contributed by atoms with Crippen LogP contribution < -0.4 is 16.0 Å². The van der Waals surface area contributed by atoms with E-state index in [1.807, 2.05) is 18.2 Å². The summed E-state index contributed by atoms with van der Waals surface area (Å²) < 4.78 is 0. The van der Waals surface area contributed by atoms with E-state index in [9.17, 15) is 19.5 Å². The van der Waals surface area contributed by atoms with Gasteiger partial charge in [0, 0.05) is 31.6 Å². The third kappa shape index (κ3) is 4.19. The lowest BCUT2D eigenvalue weighted by molar-refractivity contribution is -0.136. The first-order valence-electron chi connectivity index (χ1n) is 10.4. The van der Waals surface area contributed by atoms with E-state index >= 15 is 0 Å². The van der Waals surface area contributed by atoms with Crippen molar-refractivity contribution in [1.82, 2.24) is 20.9 Å². The van der Waals surface area contributed by atoms with Gasteiger partial charge in [0.25, 0.3) is 5.91 Å². The summed E-state index contributed by atoms with van der Waals surface area (Å²) in [6, 6.07) is 5.17. The van der Waals surface area contributed by atoms with Gasteiger partial charge in [-0.15, -0.1) is 0 Å². The quantitative estimate of drug-likeness (QED) is 0.397. The van der Waals surface area contributed by atoms with Crippen molar-refractivity contribution in [3.63, 3.8) is 0 Å². The average molecular weight is 400 g/mol. The van der Waals surface area contributed by atoms with Crippen LogP contribution in [0.1, 0.15) is 53.6 Å². The zero-order chi connectivity index (χ0) is 20.4. The Morgan fingerprint density at radius 2 is 2.14 bits per heavy atom. The molecule has 1 aromatic rings. The molecule has 2 fully saturated rings. The Morgan fingerprint density at radius 1 is 1.28 bits per heavy atom. The highest BCUT2D eigenvalue weighted by molar-refractivity contribution is 6.05. The molecule has 156 valence electrons. The summed E-state index contributed by atoms with van der Waals surface area (Å²) in [6.07, 6.45) is 3.06. The van der Waals surface area contributed by atoms with E-state index in [2.05, 4.69) is 16.0 Å². The predicted molar refractivity (Wildman–Crippen MR) is 106 cm³/mol. The molecule has 3 amide bonds. The van der Waals surface area contributed by atoms with Gasteiger partial charge < -0.3 is 20.6 Å². The lowest BCUT2D eigenvalue weighted by atomic mass is 9.91. The zero-order valence-corrected chi connectivity index (χ0v) is 16.5. The van der Waals surface area contributed by atoms with Crippen LogP contribution in [-0.2, 0) is 22.7 Å². The molecule has 8 heteroatoms. The Hall–Kier alpha value is -2.29. The van der Waals surface area contributed by atoms with Crippen molar-refractivity contribution in [2.75, 3.05) is 19.6 Å². The van der Waals surface area contributed by atoms with Crippen LogP contribution in [0.2, 0.25) is 0 Å². The Morgan fingerprint density at radius 3 is 2.90 bits per heavy atom. The number of nitrogens with one attached hydrogen (secondary N) is 3. The summed E-state index contributed by atoms with van der Waals surface area (Å²) in [5.41, 5.74) is 1.80. The number of carbonyl (C=O) groups is 3. The van der Waals surface area contributed by atoms with E-state index in [4.69, 9.17) is 0 Å². The minimum absolute atomic E-state index is 0.151. The van der Waals surface area contributed by atoms with E-state index in [1.165, 1.54) is 0 Å². The van der Waals surface area contributed by atoms with Crippen molar-refractivity contribution in [2.24, 2.45) is 0 Å². The highest BCUT2D eigenvalue weighted by atomic mass is 16.3. The summed E-state index contributed by atoms with van der Waals surface area (Å²) in [5.74, 6) is -0.825. The number of imide groups is 1. The van der Waals surface area contributed by atoms with Crippen LogP contribution >= 0.6 is 0 Å². The van der Waals surface area contributed by atoms with E-state index in [-0.39, 0.29) is 18.2 Å². The van der Waals surface area contributed by atoms with Crippen LogP contribution in [0.4, 0.5) is 0 Å². The van der Waals surface area contributed by atoms with Gasteiger partial charge >= 0.3 is 0 Å². The topological polar surface area (TPSA) is 111 Å². The van der Waals surface area contributed by atoms with Crippen LogP contribution in [0, 0.1) is 0 Å². The minimum atomic E-state index is -0.664. The normalized spacial score (nSPS) is 27.1. The second-order valence-corrected chi connectivity index (χ2v) is 8.28. The molecule has 4 rings (SSSR count). The second-order valence-electron chi connectivity index (χ2n) is 8.28. The lowest BCUT2D eigenvalue weighted by Gasteiger charge is -2.32. The SMILES string of the molecule is O=C1CCC(N2Cc3cccc(CNCCC4(O)CCCNC4)c3C2=O)C(=O)N1. The van der Waals surface area contributed by atoms with Crippen LogP contribution in [0.15, 0.2) is 18.2 Å². The number of carbonyl (C=O) groups excluding carboxylic acids is 3. The van der Waals surface area contributed by atoms with Crippen molar-refractivity contribution in [3.8, 4) is 0 Å². The molecule has 0 aromatic heterocycles. The molecule has 3 heterocycles. The summed E-state index contributed by atoms with van der Waals surface area (Å²) in [5, 5.41) is 19.5. The number of piperidine rings is 2. The van der Waals surface area contributed by atoms with Crippen LogP contribution in [0.3, 0.4) is 0 Å². The molecule has 0 saturated carbocycles. The first kappa shape index (κ1) is 20.0. The van der Waals surface area contributed by atoms with Gasteiger partial charge in [-0.2, -0.15) is 0 Å². The molecule has 2 atom stereocenters. The highest BCUT2D eigenvalue weighted by Gasteiger charge is 2.39. The molecule has 1 aromatic carbocycles. The van der Waals surface area contributed by atoms with E-state index in [0.29, 0.717) is 44.6 Å². The average Bonchev–Trinajstić information content (AvgIpc) is 3.03. The molecular formula is C21H28N4O4. The standard InChI is InChI=1S/C21H28N4O4/c26-17-6-5-16(19(27)24-17)25-12-15-4-1-3-14(18(15)20(25)28)11-22-10-8-21(29)7-2-9-23-13-21/h1,3-4,16,22-23,29H,2,5-13H2,(H,24,26,27). The molecule has 29 heavy (non-hydrogen) atoms. The van der Waals surface area contributed by atoms with Gasteiger partial charge in [-0.25, -0.2) is 0 Å². The van der Waals surface area contributed by atoms with Crippen molar-refractivity contribution in [3.05, 3.63) is 34.9 Å². The summed E-state index contributed by atoms with van der Waals surface area (Å²) >= 11 is 0. The largest absolute Gasteiger partial charge is 0.389 e. The zero-order valence-electron chi connectivity index (χ0n) is 16.5. The number of fused-ring (bicyclic) bond motifs is 1. The first-order chi connectivity index (χ1) is 14.0. The molecular weight excluding hydrogens is 372 g/mol. The summed E-state index contributed by atoms with van der Waals surface area (Å²) in [7, 11) is 0. The van der Waals surface area contributed by atoms with Gasteiger partial charge in [0.15, 0.2) is 0 Å². The first-order valence-corrected chi connectivity index (χ1v) is 10.4. The third-order valence-electron chi connectivity index (χ3n) is 6.17. The van der Waals surface area contributed by atoms with E-state index in [1.54, 1.807) is 4.90 Å². The maximum absolute atomic E-state index is 13.1. The van der Waals surface area contributed by atoms with Gasteiger partial charge in [0.05, 0.1) is 5.60 Å². The number of rotatable bonds is 6. The maximum Gasteiger partial charge on any atom is 0.255 e. The van der Waals surface area contributed by atoms with E-state index < -0.39 is 17.6 Å². The molecule has 4 N–H and O–H groups in total. The Kier molecular flexibility index (Phi) is 5.67. The predicted octanol–water partition coefficient (Wildman–Crippen LogP) is 0.0418. The van der Waals surface area contributed by atoms with Crippen molar-refractivity contribution >= 4 is 17.7 Å². The van der Waals surface area contributed by atoms with Crippen LogP contribution in [0.5, 0.6) is 0 Å². The Bertz CT molecular complexity index is 819. The molecule has 3 aliphatic rings. The van der Waals surface area contributed by atoms with E-state index in [0.717, 1.165) is 30.5 Å². The molecule has 8 nitrogen and oxygen atoms in total. The Balaban J connectivity index is 1.38. The molecule has 2 unspecified atom stereocenters. The van der Waals surface area contributed by atoms with Crippen LogP contribution in [-0.4, -0.2) is 59.0 Å². The fourth-order valence-electron chi connectivity index (χ4n) is 4.55. The van der Waals surface area contributed by atoms with Gasteiger partial charge in [-0.3, -0.25) is 19.7 Å². The number of hydrogen-bond acceptors (Lipinski definition) is 6. The third-order valence-corrected chi connectivity index (χ3v) is 6.17. The molecule has 0 aliphatic carbocycles. The van der Waals surface area contributed by atoms with Crippen molar-refractivity contribution in [2.45, 2.75) is 56.8 Å². The summed E-state index contributed by atoms with van der Waals surface area (Å²) in [6.45, 7) is 3.15. The molecule has 0 spiro atoms. The van der Waals surface area contributed by atoms with Crippen molar-refractivity contribution < 1.29 is 19.5 Å². The fourth-order valence-corrected chi connectivity index (χ4v) is 4.55. The highest BCUT2D eigenvalue weighted by Crippen LogP contribution is 2.30. The number of aliphatic hydroxyl groups is 1. The summed E-state index contributed by atoms with van der Waals surface area (Å²) in [4.78, 5) is 38.2. The molecule has 3 aliphatic heterocycles. The molecule has 2 saturated heterocycles. The monoisotopic (exact) mass is 400 g/mol. The second kappa shape index (κ2) is 8.22. The maximum atomic E-state index is 13.1. The number of β-amino-alcohol motifs (C(OH)–C–C–N with tert-alkyl or cyclic N) is 1. The smallest absolute Gasteiger partial charge is 0.255 e. The Labute approximate surface area is 170 Å². The lowest BCUT2D eigenvalue weighted by Crippen LogP contribution is -2.52. The fraction of sp³-hybridized carbons (Fsp3) is 0.571. The van der Waals surface area contributed by atoms with Gasteiger partial charge in [-0.05, 0) is 49.9 Å². The van der Waals surface area contributed by atoms with Gasteiger partial charge in [-0.1, -0.05) is 18.2 Å². The number of hydrogen-bond donors (Lipinski definition) is 4. The minimum Gasteiger partial charge on any atom is -0.389 e. The number of amides is 3. The molecule has 0 bridgehead atoms. The number of benzene rings is 1. The van der Waals surface area contributed by atoms with Gasteiger partial charge in [0.1, 0.15) is 6.04 Å². The number of nitrogens with zero attached hydrogens (tertiary/aromatic N) is 1. The van der Waals surface area contributed by atoms with Crippen molar-refractivity contribution in [1.29, 1.82) is 0 Å². The van der Waals surface area contributed by atoms with Crippen LogP contribution in [0.25, 0.3) is 0 Å².